The molecule has 0 saturated carbocycles. The summed E-state index contributed by atoms with van der Waals surface area (Å²) in [6.07, 6.45) is 2.72. The van der Waals surface area contributed by atoms with Crippen LogP contribution in [0.15, 0.2) is 0 Å². The van der Waals surface area contributed by atoms with Crippen molar-refractivity contribution in [2.24, 2.45) is 0 Å². The first-order valence-corrected chi connectivity index (χ1v) is 7.56. The van der Waals surface area contributed by atoms with Crippen LogP contribution in [-0.4, -0.2) is 40.4 Å². The molecule has 0 unspecified atom stereocenters. The molecule has 4 heteroatoms. The molecule has 0 atom stereocenters. The number of hydrogen-bond acceptors (Lipinski definition) is 3. The molecule has 1 fully saturated rings. The minimum atomic E-state index is 0.520. The van der Waals surface area contributed by atoms with Gasteiger partial charge in [0.25, 0.3) is 0 Å². The molecule has 0 amide bonds. The van der Waals surface area contributed by atoms with Crippen LogP contribution in [0.3, 0.4) is 0 Å². The number of hydrogen-bond donors (Lipinski definition) is 1. The lowest BCUT2D eigenvalue weighted by Gasteiger charge is -2.15. The average molecular weight is 264 g/mol. The maximum atomic E-state index is 4.70. The van der Waals surface area contributed by atoms with Crippen molar-refractivity contribution < 1.29 is 0 Å². The zero-order valence-corrected chi connectivity index (χ0v) is 12.9. The summed E-state index contributed by atoms with van der Waals surface area (Å²) in [5.41, 5.74) is 3.87. The average Bonchev–Trinajstić information content (AvgIpc) is 2.94. The highest BCUT2D eigenvalue weighted by Crippen LogP contribution is 2.14. The van der Waals surface area contributed by atoms with Crippen molar-refractivity contribution in [3.05, 3.63) is 17.0 Å². The summed E-state index contributed by atoms with van der Waals surface area (Å²) in [5, 5.41) is 8.19. The predicted molar refractivity (Wildman–Crippen MR) is 79.4 cm³/mol. The molecule has 2 rings (SSSR count). The summed E-state index contributed by atoms with van der Waals surface area (Å²) in [4.78, 5) is 2.54. The Balaban J connectivity index is 1.95. The van der Waals surface area contributed by atoms with E-state index < -0.39 is 0 Å². The predicted octanol–water partition coefficient (Wildman–Crippen LogP) is 2.09. The van der Waals surface area contributed by atoms with Crippen LogP contribution in [0.1, 0.15) is 43.6 Å². The molecule has 0 bridgehead atoms. The highest BCUT2D eigenvalue weighted by Gasteiger charge is 2.14. The minimum Gasteiger partial charge on any atom is -0.310 e. The third-order valence-corrected chi connectivity index (χ3v) is 4.05. The number of rotatable bonds is 6. The fourth-order valence-electron chi connectivity index (χ4n) is 2.76. The Bertz CT molecular complexity index is 403. The van der Waals surface area contributed by atoms with E-state index in [4.69, 9.17) is 5.10 Å². The summed E-state index contributed by atoms with van der Waals surface area (Å²) in [7, 11) is 0. The molecular formula is C15H28N4. The van der Waals surface area contributed by atoms with Gasteiger partial charge < -0.3 is 10.2 Å². The van der Waals surface area contributed by atoms with Gasteiger partial charge in [0.05, 0.1) is 12.2 Å². The molecule has 1 aliphatic rings. The topological polar surface area (TPSA) is 33.1 Å². The Hall–Kier alpha value is -0.870. The number of aromatic nitrogens is 2. The lowest BCUT2D eigenvalue weighted by Crippen LogP contribution is -2.25. The number of nitrogens with zero attached hydrogens (tertiary/aromatic N) is 3. The molecule has 2 heterocycles. The van der Waals surface area contributed by atoms with E-state index >= 15 is 0 Å². The Morgan fingerprint density at radius 1 is 1.16 bits per heavy atom. The van der Waals surface area contributed by atoms with Crippen LogP contribution in [0, 0.1) is 13.8 Å². The lowest BCUT2D eigenvalue weighted by molar-refractivity contribution is 0.314. The Morgan fingerprint density at radius 2 is 1.84 bits per heavy atom. The molecule has 0 aliphatic carbocycles. The van der Waals surface area contributed by atoms with Crippen LogP contribution >= 0.6 is 0 Å². The molecule has 1 N–H and O–H groups in total. The Kier molecular flexibility index (Phi) is 4.99. The molecule has 1 saturated heterocycles. The van der Waals surface area contributed by atoms with Gasteiger partial charge in [-0.05, 0) is 39.8 Å². The fraction of sp³-hybridized carbons (Fsp3) is 0.800. The Labute approximate surface area is 117 Å². The molecule has 108 valence electrons. The van der Waals surface area contributed by atoms with Crippen molar-refractivity contribution in [1.82, 2.24) is 20.0 Å². The second-order valence-corrected chi connectivity index (χ2v) is 5.96. The van der Waals surface area contributed by atoms with Gasteiger partial charge in [-0.25, -0.2) is 0 Å². The van der Waals surface area contributed by atoms with E-state index in [-0.39, 0.29) is 0 Å². The molecule has 1 aliphatic heterocycles. The summed E-state index contributed by atoms with van der Waals surface area (Å²) >= 11 is 0. The highest BCUT2D eigenvalue weighted by atomic mass is 15.3. The van der Waals surface area contributed by atoms with Gasteiger partial charge in [-0.2, -0.15) is 5.10 Å². The van der Waals surface area contributed by atoms with Crippen molar-refractivity contribution in [1.29, 1.82) is 0 Å². The second kappa shape index (κ2) is 6.53. The van der Waals surface area contributed by atoms with E-state index in [9.17, 15) is 0 Å². The molecule has 4 nitrogen and oxygen atoms in total. The van der Waals surface area contributed by atoms with E-state index in [1.807, 2.05) is 0 Å². The number of aryl methyl sites for hydroxylation is 1. The quantitative estimate of drug-likeness (QED) is 0.854. The van der Waals surface area contributed by atoms with E-state index in [0.717, 1.165) is 19.6 Å². The van der Waals surface area contributed by atoms with Gasteiger partial charge in [-0.3, -0.25) is 4.68 Å². The maximum Gasteiger partial charge on any atom is 0.0641 e. The smallest absolute Gasteiger partial charge is 0.0641 e. The van der Waals surface area contributed by atoms with Gasteiger partial charge in [0.2, 0.25) is 0 Å². The van der Waals surface area contributed by atoms with Gasteiger partial charge in [0, 0.05) is 30.4 Å². The molecule has 0 aromatic carbocycles. The van der Waals surface area contributed by atoms with Gasteiger partial charge in [0.1, 0.15) is 0 Å². The minimum absolute atomic E-state index is 0.520. The van der Waals surface area contributed by atoms with Crippen molar-refractivity contribution >= 4 is 0 Å². The largest absolute Gasteiger partial charge is 0.310 e. The maximum absolute atomic E-state index is 4.70. The Morgan fingerprint density at radius 3 is 2.47 bits per heavy atom. The molecule has 1 aromatic rings. The van der Waals surface area contributed by atoms with Crippen molar-refractivity contribution in [3.63, 3.8) is 0 Å². The van der Waals surface area contributed by atoms with E-state index in [1.54, 1.807) is 0 Å². The monoisotopic (exact) mass is 264 g/mol. The first-order chi connectivity index (χ1) is 9.08. The zero-order chi connectivity index (χ0) is 13.8. The van der Waals surface area contributed by atoms with Crippen LogP contribution in [-0.2, 0) is 13.1 Å². The normalized spacial score (nSPS) is 16.7. The third-order valence-electron chi connectivity index (χ3n) is 4.05. The van der Waals surface area contributed by atoms with Crippen LogP contribution in [0.2, 0.25) is 0 Å². The molecule has 19 heavy (non-hydrogen) atoms. The van der Waals surface area contributed by atoms with Crippen molar-refractivity contribution in [2.75, 3.05) is 19.6 Å². The summed E-state index contributed by atoms with van der Waals surface area (Å²) in [6.45, 7) is 14.3. The molecule has 0 spiro atoms. The standard InChI is InChI=1S/C15H28N4/c1-12(2)16-11-15-13(3)17-19(14(15)4)10-9-18-7-5-6-8-18/h12,16H,5-11H2,1-4H3. The lowest BCUT2D eigenvalue weighted by atomic mass is 10.2. The molecule has 0 radical (unpaired) electrons. The van der Waals surface area contributed by atoms with Gasteiger partial charge in [-0.15, -0.1) is 0 Å². The van der Waals surface area contributed by atoms with Crippen LogP contribution < -0.4 is 5.32 Å². The van der Waals surface area contributed by atoms with Crippen LogP contribution in [0.5, 0.6) is 0 Å². The SMILES string of the molecule is Cc1nn(CCN2CCCC2)c(C)c1CNC(C)C. The molecular weight excluding hydrogens is 236 g/mol. The molecule has 1 aromatic heterocycles. The van der Waals surface area contributed by atoms with Gasteiger partial charge in [0.15, 0.2) is 0 Å². The van der Waals surface area contributed by atoms with E-state index in [0.29, 0.717) is 6.04 Å². The van der Waals surface area contributed by atoms with Crippen LogP contribution in [0.4, 0.5) is 0 Å². The summed E-state index contributed by atoms with van der Waals surface area (Å²) in [6, 6.07) is 0.520. The van der Waals surface area contributed by atoms with Crippen molar-refractivity contribution in [3.8, 4) is 0 Å². The number of likely N-dealkylation sites (tertiary alicyclic amines) is 1. The fourth-order valence-corrected chi connectivity index (χ4v) is 2.76. The first-order valence-electron chi connectivity index (χ1n) is 7.56. The van der Waals surface area contributed by atoms with Crippen molar-refractivity contribution in [2.45, 2.75) is 59.7 Å². The second-order valence-electron chi connectivity index (χ2n) is 5.96. The zero-order valence-electron chi connectivity index (χ0n) is 12.9. The van der Waals surface area contributed by atoms with Crippen LogP contribution in [0.25, 0.3) is 0 Å². The van der Waals surface area contributed by atoms with E-state index in [1.165, 1.54) is 42.9 Å². The summed E-state index contributed by atoms with van der Waals surface area (Å²) < 4.78 is 2.19. The first kappa shape index (κ1) is 14.5. The van der Waals surface area contributed by atoms with Gasteiger partial charge in [-0.1, -0.05) is 13.8 Å². The van der Waals surface area contributed by atoms with E-state index in [2.05, 4.69) is 42.6 Å². The summed E-state index contributed by atoms with van der Waals surface area (Å²) in [5.74, 6) is 0. The van der Waals surface area contributed by atoms with Gasteiger partial charge >= 0.3 is 0 Å². The third kappa shape index (κ3) is 3.80. The highest BCUT2D eigenvalue weighted by molar-refractivity contribution is 5.24. The number of nitrogens with one attached hydrogen (secondary N) is 1.